The number of Topliss-reactive ketones (excluding diaryl/α,β-unsaturated/α-hetero) is 1. The number of amides is 1. The van der Waals surface area contributed by atoms with Crippen LogP contribution in [0.4, 0.5) is 5.69 Å². The van der Waals surface area contributed by atoms with Crippen molar-refractivity contribution in [2.75, 3.05) is 20.3 Å². The highest BCUT2D eigenvalue weighted by Gasteiger charge is 2.45. The third-order valence-corrected chi connectivity index (χ3v) is 5.21. The molecule has 1 aliphatic heterocycles. The van der Waals surface area contributed by atoms with Gasteiger partial charge in [-0.2, -0.15) is 0 Å². The number of likely N-dealkylation sites (tertiary alicyclic amines) is 1. The van der Waals surface area contributed by atoms with E-state index in [4.69, 9.17) is 9.47 Å². The number of benzene rings is 2. The number of ether oxygens (including phenoxy) is 2. The standard InChI is InChI=1S/C24H26N2O7/c1-15(2)33-19-11-7-17(8-12-19)22(27)20-21(16-5-9-18(10-6-16)26(30)31)25(13-4-14-32-3)24(29)23(20)28/h5-12,15,21,27H,4,13-14H2,1-3H3/b22-20-. The smallest absolute Gasteiger partial charge is 0.295 e. The summed E-state index contributed by atoms with van der Waals surface area (Å²) in [5, 5.41) is 22.1. The Kier molecular flexibility index (Phi) is 7.44. The topological polar surface area (TPSA) is 119 Å². The molecule has 0 saturated carbocycles. The summed E-state index contributed by atoms with van der Waals surface area (Å²) in [5.41, 5.74) is 0.658. The Morgan fingerprint density at radius 2 is 1.76 bits per heavy atom. The molecule has 0 bridgehead atoms. The number of methoxy groups -OCH3 is 1. The van der Waals surface area contributed by atoms with E-state index >= 15 is 0 Å². The van der Waals surface area contributed by atoms with Crippen LogP contribution in [0.2, 0.25) is 0 Å². The third-order valence-electron chi connectivity index (χ3n) is 5.21. The number of aliphatic hydroxyl groups excluding tert-OH is 1. The van der Waals surface area contributed by atoms with Crippen molar-refractivity contribution in [2.24, 2.45) is 0 Å². The van der Waals surface area contributed by atoms with E-state index in [1.807, 2.05) is 13.8 Å². The third kappa shape index (κ3) is 5.20. The molecule has 0 radical (unpaired) electrons. The number of rotatable bonds is 9. The van der Waals surface area contributed by atoms with Crippen molar-refractivity contribution >= 4 is 23.1 Å². The summed E-state index contributed by atoms with van der Waals surface area (Å²) in [4.78, 5) is 37.7. The fourth-order valence-corrected chi connectivity index (χ4v) is 3.73. The van der Waals surface area contributed by atoms with Crippen LogP contribution in [0.3, 0.4) is 0 Å². The summed E-state index contributed by atoms with van der Waals surface area (Å²) >= 11 is 0. The van der Waals surface area contributed by atoms with Gasteiger partial charge in [0.25, 0.3) is 17.4 Å². The van der Waals surface area contributed by atoms with E-state index in [-0.39, 0.29) is 29.7 Å². The molecule has 0 aromatic heterocycles. The molecule has 1 saturated heterocycles. The van der Waals surface area contributed by atoms with Crippen LogP contribution >= 0.6 is 0 Å². The Balaban J connectivity index is 2.06. The first kappa shape index (κ1) is 23.9. The molecule has 0 aliphatic carbocycles. The predicted molar refractivity (Wildman–Crippen MR) is 121 cm³/mol. The number of carbonyl (C=O) groups is 2. The highest BCUT2D eigenvalue weighted by atomic mass is 16.6. The zero-order chi connectivity index (χ0) is 24.1. The molecule has 9 nitrogen and oxygen atoms in total. The van der Waals surface area contributed by atoms with Crippen LogP contribution < -0.4 is 4.74 Å². The predicted octanol–water partition coefficient (Wildman–Crippen LogP) is 3.84. The number of non-ortho nitro benzene ring substituents is 1. The van der Waals surface area contributed by atoms with Gasteiger partial charge in [0.15, 0.2) is 0 Å². The van der Waals surface area contributed by atoms with Gasteiger partial charge < -0.3 is 19.5 Å². The van der Waals surface area contributed by atoms with Gasteiger partial charge in [-0.1, -0.05) is 0 Å². The minimum atomic E-state index is -0.880. The van der Waals surface area contributed by atoms with Crippen LogP contribution in [-0.4, -0.2) is 53.0 Å². The molecule has 0 spiro atoms. The first-order valence-corrected chi connectivity index (χ1v) is 10.5. The number of ketones is 1. The fourth-order valence-electron chi connectivity index (χ4n) is 3.73. The van der Waals surface area contributed by atoms with E-state index in [0.717, 1.165) is 0 Å². The number of hydrogen-bond donors (Lipinski definition) is 1. The summed E-state index contributed by atoms with van der Waals surface area (Å²) in [6, 6.07) is 11.3. The van der Waals surface area contributed by atoms with Crippen molar-refractivity contribution in [1.82, 2.24) is 4.90 Å². The molecule has 1 fully saturated rings. The Bertz CT molecular complexity index is 1060. The SMILES string of the molecule is COCCCN1C(=O)C(=O)/C(=C(\O)c2ccc(OC(C)C)cc2)C1c1ccc([N+](=O)[O-])cc1. The summed E-state index contributed by atoms with van der Waals surface area (Å²) in [6.45, 7) is 4.39. The number of hydrogen-bond acceptors (Lipinski definition) is 7. The molecule has 1 aliphatic rings. The molecule has 2 aromatic rings. The molecular formula is C24H26N2O7. The lowest BCUT2D eigenvalue weighted by atomic mass is 9.95. The van der Waals surface area contributed by atoms with E-state index in [1.54, 1.807) is 24.3 Å². The maximum Gasteiger partial charge on any atom is 0.295 e. The summed E-state index contributed by atoms with van der Waals surface area (Å²) in [5.74, 6) is -1.26. The average molecular weight is 454 g/mol. The summed E-state index contributed by atoms with van der Waals surface area (Å²) in [7, 11) is 1.54. The highest BCUT2D eigenvalue weighted by Crippen LogP contribution is 2.40. The molecule has 3 rings (SSSR count). The molecule has 1 atom stereocenters. The number of nitro benzene ring substituents is 1. The second-order valence-electron chi connectivity index (χ2n) is 7.88. The average Bonchev–Trinajstić information content (AvgIpc) is 3.04. The van der Waals surface area contributed by atoms with Crippen molar-refractivity contribution in [3.05, 3.63) is 75.3 Å². The monoisotopic (exact) mass is 454 g/mol. The molecule has 174 valence electrons. The first-order chi connectivity index (χ1) is 15.7. The molecule has 1 amide bonds. The molecule has 1 heterocycles. The van der Waals surface area contributed by atoms with Crippen molar-refractivity contribution in [3.63, 3.8) is 0 Å². The van der Waals surface area contributed by atoms with E-state index in [2.05, 4.69) is 0 Å². The molecule has 1 N–H and O–H groups in total. The van der Waals surface area contributed by atoms with Gasteiger partial charge in [-0.25, -0.2) is 0 Å². The first-order valence-electron chi connectivity index (χ1n) is 10.5. The van der Waals surface area contributed by atoms with Gasteiger partial charge in [0.2, 0.25) is 0 Å². The van der Waals surface area contributed by atoms with Crippen LogP contribution in [-0.2, 0) is 14.3 Å². The van der Waals surface area contributed by atoms with Crippen LogP contribution in [0.25, 0.3) is 5.76 Å². The molecule has 1 unspecified atom stereocenters. The zero-order valence-electron chi connectivity index (χ0n) is 18.7. The van der Waals surface area contributed by atoms with Crippen LogP contribution in [0.5, 0.6) is 5.75 Å². The lowest BCUT2D eigenvalue weighted by Gasteiger charge is -2.25. The Morgan fingerprint density at radius 3 is 2.30 bits per heavy atom. The van der Waals surface area contributed by atoms with Gasteiger partial charge in [0, 0.05) is 38.0 Å². The van der Waals surface area contributed by atoms with Crippen molar-refractivity contribution in [1.29, 1.82) is 0 Å². The zero-order valence-corrected chi connectivity index (χ0v) is 18.7. The lowest BCUT2D eigenvalue weighted by Crippen LogP contribution is -2.31. The van der Waals surface area contributed by atoms with Gasteiger partial charge in [0.1, 0.15) is 11.5 Å². The lowest BCUT2D eigenvalue weighted by molar-refractivity contribution is -0.384. The number of carbonyl (C=O) groups excluding carboxylic acids is 2. The van der Waals surface area contributed by atoms with Gasteiger partial charge in [-0.05, 0) is 62.2 Å². The minimum Gasteiger partial charge on any atom is -0.507 e. The summed E-state index contributed by atoms with van der Waals surface area (Å²) in [6.07, 6.45) is 0.456. The normalized spacial score (nSPS) is 17.6. The van der Waals surface area contributed by atoms with E-state index in [1.165, 1.54) is 36.3 Å². The van der Waals surface area contributed by atoms with E-state index < -0.39 is 22.7 Å². The summed E-state index contributed by atoms with van der Waals surface area (Å²) < 4.78 is 10.7. The van der Waals surface area contributed by atoms with Gasteiger partial charge in [-0.15, -0.1) is 0 Å². The van der Waals surface area contributed by atoms with Crippen LogP contribution in [0.1, 0.15) is 37.4 Å². The van der Waals surface area contributed by atoms with Crippen molar-refractivity contribution in [3.8, 4) is 5.75 Å². The second kappa shape index (κ2) is 10.3. The molecule has 9 heteroatoms. The second-order valence-corrected chi connectivity index (χ2v) is 7.88. The van der Waals surface area contributed by atoms with Gasteiger partial charge in [0.05, 0.1) is 22.6 Å². The van der Waals surface area contributed by atoms with Crippen molar-refractivity contribution in [2.45, 2.75) is 32.4 Å². The van der Waals surface area contributed by atoms with Crippen LogP contribution in [0.15, 0.2) is 54.1 Å². The molecule has 33 heavy (non-hydrogen) atoms. The number of nitrogens with zero attached hydrogens (tertiary/aromatic N) is 2. The maximum absolute atomic E-state index is 13.0. The number of aliphatic hydroxyl groups is 1. The Hall–Kier alpha value is -3.72. The molecular weight excluding hydrogens is 428 g/mol. The Labute approximate surface area is 191 Å². The fraction of sp³-hybridized carbons (Fsp3) is 0.333. The maximum atomic E-state index is 13.0. The quantitative estimate of drug-likeness (QED) is 0.153. The van der Waals surface area contributed by atoms with E-state index in [0.29, 0.717) is 29.9 Å². The van der Waals surface area contributed by atoms with Gasteiger partial charge >= 0.3 is 0 Å². The largest absolute Gasteiger partial charge is 0.507 e. The van der Waals surface area contributed by atoms with Crippen LogP contribution in [0, 0.1) is 10.1 Å². The van der Waals surface area contributed by atoms with E-state index in [9.17, 15) is 24.8 Å². The number of nitro groups is 1. The van der Waals surface area contributed by atoms with Gasteiger partial charge in [-0.3, -0.25) is 19.7 Å². The minimum absolute atomic E-state index is 0.0241. The molecule has 2 aromatic carbocycles. The van der Waals surface area contributed by atoms with Crippen molar-refractivity contribution < 1.29 is 29.1 Å². The Morgan fingerprint density at radius 1 is 1.12 bits per heavy atom. The highest BCUT2D eigenvalue weighted by molar-refractivity contribution is 6.46.